The summed E-state index contributed by atoms with van der Waals surface area (Å²) in [7, 11) is 0. The van der Waals surface area contributed by atoms with Gasteiger partial charge in [0.2, 0.25) is 0 Å². The van der Waals surface area contributed by atoms with Crippen molar-refractivity contribution < 1.29 is 23.4 Å². The lowest BCUT2D eigenvalue weighted by Crippen LogP contribution is -2.35. The maximum Gasteiger partial charge on any atom is 0.251 e. The standard InChI is InChI=1S/C25H27F2N3O3S/c1-15(14-31)17-10-20(26)23(21(27)11-17)22-12-19(24(28)32)25(34-22)29-18-4-2-16(3-5-18)13-30-6-8-33-9-7-30/h2-5,10-12,15,29,31H,6-9,13-14H2,1H3,(H2,28,32). The van der Waals surface area contributed by atoms with Crippen LogP contribution in [0.3, 0.4) is 0 Å². The van der Waals surface area contributed by atoms with Crippen molar-refractivity contribution in [3.63, 3.8) is 0 Å². The third-order valence-electron chi connectivity index (χ3n) is 5.87. The van der Waals surface area contributed by atoms with Gasteiger partial charge in [0.15, 0.2) is 0 Å². The van der Waals surface area contributed by atoms with Crippen molar-refractivity contribution in [3.05, 3.63) is 70.8 Å². The number of halogens is 2. The number of ether oxygens (including phenoxy) is 1. The molecule has 0 spiro atoms. The van der Waals surface area contributed by atoms with E-state index in [-0.39, 0.29) is 22.6 Å². The van der Waals surface area contributed by atoms with Crippen LogP contribution < -0.4 is 11.1 Å². The number of nitrogens with two attached hydrogens (primary N) is 1. The van der Waals surface area contributed by atoms with E-state index in [0.717, 1.165) is 55.4 Å². The zero-order valence-electron chi connectivity index (χ0n) is 18.8. The van der Waals surface area contributed by atoms with Crippen molar-refractivity contribution >= 4 is 27.9 Å². The fourth-order valence-electron chi connectivity index (χ4n) is 3.85. The van der Waals surface area contributed by atoms with Crippen LogP contribution in [0.2, 0.25) is 0 Å². The first kappa shape index (κ1) is 24.3. The molecule has 6 nitrogen and oxygen atoms in total. The van der Waals surface area contributed by atoms with Crippen molar-refractivity contribution in [1.82, 2.24) is 4.90 Å². The molecular weight excluding hydrogens is 460 g/mol. The molecule has 4 rings (SSSR count). The number of nitrogens with one attached hydrogen (secondary N) is 1. The zero-order valence-corrected chi connectivity index (χ0v) is 19.6. The monoisotopic (exact) mass is 487 g/mol. The fraction of sp³-hybridized carbons (Fsp3) is 0.320. The van der Waals surface area contributed by atoms with E-state index in [9.17, 15) is 18.7 Å². The van der Waals surface area contributed by atoms with Gasteiger partial charge in [-0.25, -0.2) is 8.78 Å². The Hall–Kier alpha value is -2.85. The first-order valence-corrected chi connectivity index (χ1v) is 11.9. The highest BCUT2D eigenvalue weighted by atomic mass is 32.1. The van der Waals surface area contributed by atoms with Crippen molar-refractivity contribution in [1.29, 1.82) is 0 Å². The molecule has 2 heterocycles. The van der Waals surface area contributed by atoms with Crippen LogP contribution in [0, 0.1) is 11.6 Å². The highest BCUT2D eigenvalue weighted by molar-refractivity contribution is 7.20. The minimum Gasteiger partial charge on any atom is -0.396 e. The number of carbonyl (C=O) groups excluding carboxylic acids is 1. The van der Waals surface area contributed by atoms with Gasteiger partial charge in [-0.1, -0.05) is 19.1 Å². The van der Waals surface area contributed by atoms with E-state index in [4.69, 9.17) is 10.5 Å². The predicted molar refractivity (Wildman–Crippen MR) is 130 cm³/mol. The van der Waals surface area contributed by atoms with Gasteiger partial charge in [0, 0.05) is 42.7 Å². The summed E-state index contributed by atoms with van der Waals surface area (Å²) in [5, 5.41) is 12.9. The number of benzene rings is 2. The minimum atomic E-state index is -0.758. The number of thiophene rings is 1. The first-order chi connectivity index (χ1) is 16.4. The topological polar surface area (TPSA) is 87.8 Å². The van der Waals surface area contributed by atoms with E-state index >= 15 is 0 Å². The molecule has 1 aliphatic rings. The van der Waals surface area contributed by atoms with Crippen LogP contribution in [0.25, 0.3) is 10.4 Å². The van der Waals surface area contributed by atoms with Gasteiger partial charge in [-0.15, -0.1) is 11.3 Å². The average molecular weight is 488 g/mol. The lowest BCUT2D eigenvalue weighted by molar-refractivity contribution is 0.0342. The summed E-state index contributed by atoms with van der Waals surface area (Å²) >= 11 is 1.05. The Balaban J connectivity index is 1.57. The number of morpholine rings is 1. The molecule has 2 aromatic carbocycles. The van der Waals surface area contributed by atoms with Crippen LogP contribution in [0.4, 0.5) is 19.5 Å². The first-order valence-electron chi connectivity index (χ1n) is 11.1. The predicted octanol–water partition coefficient (Wildman–Crippen LogP) is 4.46. The molecule has 1 atom stereocenters. The summed E-state index contributed by atoms with van der Waals surface area (Å²) < 4.78 is 35.0. The van der Waals surface area contributed by atoms with Crippen LogP contribution in [0.5, 0.6) is 0 Å². The Bertz CT molecular complexity index is 1140. The Morgan fingerprint density at radius 3 is 2.41 bits per heavy atom. The van der Waals surface area contributed by atoms with Gasteiger partial charge in [0.25, 0.3) is 5.91 Å². The van der Waals surface area contributed by atoms with E-state index in [2.05, 4.69) is 10.2 Å². The molecule has 1 unspecified atom stereocenters. The van der Waals surface area contributed by atoms with Crippen molar-refractivity contribution in [2.24, 2.45) is 5.73 Å². The number of hydrogen-bond donors (Lipinski definition) is 3. The van der Waals surface area contributed by atoms with Crippen molar-refractivity contribution in [3.8, 4) is 10.4 Å². The smallest absolute Gasteiger partial charge is 0.251 e. The van der Waals surface area contributed by atoms with Crippen LogP contribution >= 0.6 is 11.3 Å². The SMILES string of the molecule is CC(CO)c1cc(F)c(-c2cc(C(N)=O)c(Nc3ccc(CN4CCOCC4)cc3)s2)c(F)c1. The highest BCUT2D eigenvalue weighted by Gasteiger charge is 2.21. The minimum absolute atomic E-state index is 0.156. The molecule has 1 aromatic heterocycles. The average Bonchev–Trinajstić information content (AvgIpc) is 3.23. The zero-order chi connectivity index (χ0) is 24.2. The van der Waals surface area contributed by atoms with Crippen LogP contribution in [-0.4, -0.2) is 48.8 Å². The Morgan fingerprint density at radius 1 is 1.18 bits per heavy atom. The Kier molecular flexibility index (Phi) is 7.57. The van der Waals surface area contributed by atoms with Gasteiger partial charge in [-0.2, -0.15) is 0 Å². The Morgan fingerprint density at radius 2 is 1.82 bits per heavy atom. The van der Waals surface area contributed by atoms with Gasteiger partial charge in [0.05, 0.1) is 24.3 Å². The van der Waals surface area contributed by atoms with Gasteiger partial charge < -0.3 is 20.9 Å². The molecule has 0 saturated carbocycles. The second-order valence-corrected chi connectivity index (χ2v) is 9.42. The van der Waals surface area contributed by atoms with Crippen LogP contribution in [0.15, 0.2) is 42.5 Å². The number of rotatable bonds is 8. The molecule has 1 amide bonds. The Labute approximate surface area is 201 Å². The largest absolute Gasteiger partial charge is 0.396 e. The summed E-state index contributed by atoms with van der Waals surface area (Å²) in [5.41, 5.74) is 7.72. The fourth-order valence-corrected chi connectivity index (χ4v) is 4.98. The molecule has 1 aliphatic heterocycles. The molecule has 4 N–H and O–H groups in total. The molecule has 1 fully saturated rings. The molecule has 9 heteroatoms. The molecule has 0 aliphatic carbocycles. The van der Waals surface area contributed by atoms with Gasteiger partial charge in [-0.05, 0) is 41.5 Å². The molecule has 0 bridgehead atoms. The van der Waals surface area contributed by atoms with E-state index < -0.39 is 23.5 Å². The molecule has 0 radical (unpaired) electrons. The van der Waals surface area contributed by atoms with Gasteiger partial charge in [-0.3, -0.25) is 9.69 Å². The lowest BCUT2D eigenvalue weighted by Gasteiger charge is -2.26. The number of nitrogens with zero attached hydrogens (tertiary/aromatic N) is 1. The number of carbonyl (C=O) groups is 1. The number of aliphatic hydroxyl groups is 1. The maximum absolute atomic E-state index is 14.8. The lowest BCUT2D eigenvalue weighted by atomic mass is 9.99. The second-order valence-electron chi connectivity index (χ2n) is 8.37. The number of amides is 1. The highest BCUT2D eigenvalue weighted by Crippen LogP contribution is 2.40. The third kappa shape index (κ3) is 5.44. The van der Waals surface area contributed by atoms with E-state index in [1.807, 2.05) is 24.3 Å². The second kappa shape index (κ2) is 10.6. The van der Waals surface area contributed by atoms with Gasteiger partial charge >= 0.3 is 0 Å². The number of anilines is 2. The van der Waals surface area contributed by atoms with E-state index in [0.29, 0.717) is 10.6 Å². The summed E-state index contributed by atoms with van der Waals surface area (Å²) in [6.07, 6.45) is 0. The number of primary amides is 1. The summed E-state index contributed by atoms with van der Waals surface area (Å²) in [4.78, 5) is 14.6. The molecule has 180 valence electrons. The number of aliphatic hydroxyl groups excluding tert-OH is 1. The van der Waals surface area contributed by atoms with Crippen LogP contribution in [-0.2, 0) is 11.3 Å². The summed E-state index contributed by atoms with van der Waals surface area (Å²) in [6, 6.07) is 11.6. The molecule has 34 heavy (non-hydrogen) atoms. The van der Waals surface area contributed by atoms with E-state index in [1.165, 1.54) is 18.2 Å². The van der Waals surface area contributed by atoms with E-state index in [1.54, 1.807) is 6.92 Å². The summed E-state index contributed by atoms with van der Waals surface area (Å²) in [5.74, 6) is -2.61. The molecule has 3 aromatic rings. The maximum atomic E-state index is 14.8. The molecule has 1 saturated heterocycles. The quantitative estimate of drug-likeness (QED) is 0.437. The molecular formula is C25H27F2N3O3S. The van der Waals surface area contributed by atoms with Gasteiger partial charge in [0.1, 0.15) is 16.6 Å². The normalized spacial score (nSPS) is 15.3. The van der Waals surface area contributed by atoms with Crippen LogP contribution in [0.1, 0.15) is 34.3 Å². The number of hydrogen-bond acceptors (Lipinski definition) is 6. The third-order valence-corrected chi connectivity index (χ3v) is 6.94. The van der Waals surface area contributed by atoms with Crippen molar-refractivity contribution in [2.75, 3.05) is 38.2 Å². The summed E-state index contributed by atoms with van der Waals surface area (Å²) in [6.45, 7) is 5.55. The van der Waals surface area contributed by atoms with Crippen molar-refractivity contribution in [2.45, 2.75) is 19.4 Å².